The van der Waals surface area contributed by atoms with E-state index < -0.39 is 5.79 Å². The normalized spacial score (nSPS) is 14.7. The molecule has 1 aliphatic rings. The molecule has 2 nitrogen and oxygen atoms in total. The molecule has 0 bridgehead atoms. The summed E-state index contributed by atoms with van der Waals surface area (Å²) < 4.78 is 0. The summed E-state index contributed by atoms with van der Waals surface area (Å²) in [5.41, 5.74) is 4.38. The highest BCUT2D eigenvalue weighted by molar-refractivity contribution is 6.32. The van der Waals surface area contributed by atoms with E-state index in [1.54, 1.807) is 12.2 Å². The van der Waals surface area contributed by atoms with Crippen LogP contribution < -0.4 is 0 Å². The van der Waals surface area contributed by atoms with Crippen LogP contribution in [-0.2, 0) is 0 Å². The van der Waals surface area contributed by atoms with Crippen molar-refractivity contribution < 1.29 is 10.2 Å². The number of rotatable bonds is 2. The molecule has 0 aromatic heterocycles. The van der Waals surface area contributed by atoms with Gasteiger partial charge in [-0.05, 0) is 34.4 Å². The van der Waals surface area contributed by atoms with Gasteiger partial charge in [0.05, 0.1) is 0 Å². The topological polar surface area (TPSA) is 40.5 Å². The Morgan fingerprint density at radius 2 is 1.22 bits per heavy atom. The van der Waals surface area contributed by atoms with Crippen molar-refractivity contribution >= 4 is 17.2 Å². The van der Waals surface area contributed by atoms with Gasteiger partial charge in [0.25, 0.3) is 0 Å². The summed E-state index contributed by atoms with van der Waals surface area (Å²) in [6.45, 7) is 0. The molecule has 27 heavy (non-hydrogen) atoms. The fourth-order valence-electron chi connectivity index (χ4n) is 2.78. The molecule has 0 aliphatic heterocycles. The molecular weight excluding hydrogens is 356 g/mol. The fraction of sp³-hybridized carbons (Fsp3) is 0.0833. The summed E-state index contributed by atoms with van der Waals surface area (Å²) in [4.78, 5) is 0. The summed E-state index contributed by atoms with van der Waals surface area (Å²) in [7, 11) is 0. The third-order valence-electron chi connectivity index (χ3n) is 4.22. The minimum atomic E-state index is -1.72. The van der Waals surface area contributed by atoms with Crippen LogP contribution in [0.25, 0.3) is 16.7 Å². The van der Waals surface area contributed by atoms with Crippen LogP contribution in [0.15, 0.2) is 103 Å². The molecule has 0 unspecified atom stereocenters. The van der Waals surface area contributed by atoms with Crippen molar-refractivity contribution in [2.45, 2.75) is 12.2 Å². The van der Waals surface area contributed by atoms with Gasteiger partial charge >= 0.3 is 0 Å². The number of allylic oxidation sites excluding steroid dienone is 2. The third kappa shape index (κ3) is 5.41. The van der Waals surface area contributed by atoms with E-state index >= 15 is 0 Å². The van der Waals surface area contributed by atoms with Crippen LogP contribution >= 0.6 is 11.6 Å². The van der Waals surface area contributed by atoms with Crippen LogP contribution in [0.2, 0.25) is 5.02 Å². The molecule has 136 valence electrons. The van der Waals surface area contributed by atoms with Gasteiger partial charge in [-0.25, -0.2) is 0 Å². The highest BCUT2D eigenvalue weighted by Gasteiger charge is 2.21. The maximum atomic E-state index is 9.30. The Kier molecular flexibility index (Phi) is 6.25. The predicted octanol–water partition coefficient (Wildman–Crippen LogP) is 5.72. The first kappa shape index (κ1) is 19.1. The van der Waals surface area contributed by atoms with E-state index in [0.717, 1.165) is 11.1 Å². The molecule has 0 amide bonds. The predicted molar refractivity (Wildman–Crippen MR) is 112 cm³/mol. The fourth-order valence-corrected chi connectivity index (χ4v) is 3.02. The molecule has 0 saturated heterocycles. The zero-order chi connectivity index (χ0) is 19.1. The Morgan fingerprint density at radius 3 is 1.70 bits per heavy atom. The van der Waals surface area contributed by atoms with Crippen molar-refractivity contribution in [3.8, 4) is 11.1 Å². The second-order valence-corrected chi connectivity index (χ2v) is 6.69. The van der Waals surface area contributed by atoms with Crippen molar-refractivity contribution in [2.75, 3.05) is 0 Å². The molecule has 0 radical (unpaired) electrons. The van der Waals surface area contributed by atoms with Gasteiger partial charge in [0, 0.05) is 11.4 Å². The monoisotopic (exact) mass is 376 g/mol. The Bertz CT molecular complexity index is 891. The molecule has 2 N–H and O–H groups in total. The van der Waals surface area contributed by atoms with Crippen molar-refractivity contribution in [1.82, 2.24) is 0 Å². The largest absolute Gasteiger partial charge is 0.362 e. The molecule has 0 fully saturated rings. The van der Waals surface area contributed by atoms with Crippen molar-refractivity contribution in [3.05, 3.63) is 114 Å². The van der Waals surface area contributed by atoms with Gasteiger partial charge in [0.2, 0.25) is 0 Å². The van der Waals surface area contributed by atoms with E-state index in [1.165, 1.54) is 17.2 Å². The van der Waals surface area contributed by atoms with Crippen molar-refractivity contribution in [3.63, 3.8) is 0 Å². The smallest absolute Gasteiger partial charge is 0.186 e. The van der Waals surface area contributed by atoms with Crippen LogP contribution in [0, 0.1) is 0 Å². The quantitative estimate of drug-likeness (QED) is 0.562. The second-order valence-electron chi connectivity index (χ2n) is 6.29. The van der Waals surface area contributed by atoms with Crippen LogP contribution in [0.1, 0.15) is 12.0 Å². The molecule has 3 aromatic carbocycles. The number of halogens is 1. The van der Waals surface area contributed by atoms with E-state index in [4.69, 9.17) is 11.6 Å². The van der Waals surface area contributed by atoms with Gasteiger partial charge < -0.3 is 10.2 Å². The molecular formula is C24H21ClO2. The minimum Gasteiger partial charge on any atom is -0.362 e. The Labute approximate surface area is 164 Å². The van der Waals surface area contributed by atoms with E-state index in [9.17, 15) is 10.2 Å². The van der Waals surface area contributed by atoms with Gasteiger partial charge in [-0.15, -0.1) is 0 Å². The minimum absolute atomic E-state index is 0.185. The molecule has 4 rings (SSSR count). The lowest BCUT2D eigenvalue weighted by atomic mass is 9.97. The third-order valence-corrected chi connectivity index (χ3v) is 4.55. The lowest BCUT2D eigenvalue weighted by Crippen LogP contribution is -2.25. The van der Waals surface area contributed by atoms with Crippen LogP contribution in [0.3, 0.4) is 0 Å². The number of aliphatic hydroxyl groups is 2. The van der Waals surface area contributed by atoms with Gasteiger partial charge in [0.15, 0.2) is 5.79 Å². The Hall–Kier alpha value is -2.65. The summed E-state index contributed by atoms with van der Waals surface area (Å²) in [5.74, 6) is -1.72. The van der Waals surface area contributed by atoms with Crippen molar-refractivity contribution in [1.29, 1.82) is 0 Å². The van der Waals surface area contributed by atoms with E-state index in [2.05, 4.69) is 48.5 Å². The average molecular weight is 377 g/mol. The first-order valence-corrected chi connectivity index (χ1v) is 9.12. The van der Waals surface area contributed by atoms with Gasteiger partial charge in [-0.1, -0.05) is 103 Å². The second kappa shape index (κ2) is 8.83. The van der Waals surface area contributed by atoms with Crippen molar-refractivity contribution in [2.24, 2.45) is 0 Å². The molecule has 1 aliphatic carbocycles. The van der Waals surface area contributed by atoms with E-state index in [1.807, 2.05) is 36.4 Å². The summed E-state index contributed by atoms with van der Waals surface area (Å²) in [6.07, 6.45) is 4.99. The lowest BCUT2D eigenvalue weighted by Gasteiger charge is -2.20. The molecule has 0 spiro atoms. The van der Waals surface area contributed by atoms with Gasteiger partial charge in [-0.3, -0.25) is 0 Å². The standard InChI is InChI=1S/C12H11ClO2.C12H10/c13-11-4-2-1-3-10(11)9-5-7-12(14,15)8-6-9;1-3-7-11(8-4-1)12-9-5-2-6-10-12/h1-7,14-15H,8H2;1-10H. The number of hydrogen-bond donors (Lipinski definition) is 2. The highest BCUT2D eigenvalue weighted by Crippen LogP contribution is 2.29. The van der Waals surface area contributed by atoms with Crippen LogP contribution in [0.5, 0.6) is 0 Å². The van der Waals surface area contributed by atoms with E-state index in [-0.39, 0.29) is 6.42 Å². The van der Waals surface area contributed by atoms with Gasteiger partial charge in [-0.2, -0.15) is 0 Å². The van der Waals surface area contributed by atoms with E-state index in [0.29, 0.717) is 5.02 Å². The maximum absolute atomic E-state index is 9.30. The zero-order valence-electron chi connectivity index (χ0n) is 14.8. The molecule has 3 heteroatoms. The van der Waals surface area contributed by atoms with Crippen LogP contribution in [-0.4, -0.2) is 16.0 Å². The van der Waals surface area contributed by atoms with Crippen LogP contribution in [0.4, 0.5) is 0 Å². The first-order valence-electron chi connectivity index (χ1n) is 8.75. The summed E-state index contributed by atoms with van der Waals surface area (Å²) in [5, 5.41) is 19.3. The molecule has 0 atom stereocenters. The maximum Gasteiger partial charge on any atom is 0.186 e. The Morgan fingerprint density at radius 1 is 0.704 bits per heavy atom. The summed E-state index contributed by atoms with van der Waals surface area (Å²) >= 11 is 6.03. The number of hydrogen-bond acceptors (Lipinski definition) is 2. The molecule has 0 heterocycles. The highest BCUT2D eigenvalue weighted by atomic mass is 35.5. The molecule has 3 aromatic rings. The van der Waals surface area contributed by atoms with Gasteiger partial charge in [0.1, 0.15) is 0 Å². The number of benzene rings is 3. The average Bonchev–Trinajstić information content (AvgIpc) is 2.71. The zero-order valence-corrected chi connectivity index (χ0v) is 15.6. The molecule has 0 saturated carbocycles. The summed E-state index contributed by atoms with van der Waals surface area (Å²) in [6, 6.07) is 28.3. The Balaban J connectivity index is 0.000000159. The first-order chi connectivity index (χ1) is 13.1. The SMILES string of the molecule is OC1(O)C=CC(c2ccccc2Cl)=CC1.c1ccc(-c2ccccc2)cc1. The lowest BCUT2D eigenvalue weighted by molar-refractivity contribution is -0.114.